The number of sulfonamides is 1. The van der Waals surface area contributed by atoms with E-state index in [1.165, 1.54) is 24.6 Å². The third-order valence-electron chi connectivity index (χ3n) is 3.67. The van der Waals surface area contributed by atoms with Crippen molar-refractivity contribution >= 4 is 10.0 Å². The molecule has 118 valence electrons. The second-order valence-electron chi connectivity index (χ2n) is 5.58. The second-order valence-corrected chi connectivity index (χ2v) is 7.45. The van der Waals surface area contributed by atoms with Gasteiger partial charge in [0.05, 0.1) is 19.1 Å². The average molecular weight is 314 g/mol. The Labute approximate surface area is 126 Å². The largest absolute Gasteiger partial charge is 0.493 e. The summed E-state index contributed by atoms with van der Waals surface area (Å²) in [5, 5.41) is 3.22. The van der Waals surface area contributed by atoms with E-state index >= 15 is 0 Å². The molecule has 0 amide bonds. The molecule has 1 aliphatic heterocycles. The van der Waals surface area contributed by atoms with Crippen molar-refractivity contribution in [2.75, 3.05) is 33.9 Å². The van der Waals surface area contributed by atoms with Crippen LogP contribution in [0.5, 0.6) is 11.5 Å². The van der Waals surface area contributed by atoms with Crippen LogP contribution < -0.4 is 14.8 Å². The van der Waals surface area contributed by atoms with Crippen LogP contribution in [0.3, 0.4) is 0 Å². The maximum Gasteiger partial charge on any atom is 0.243 e. The van der Waals surface area contributed by atoms with E-state index in [9.17, 15) is 8.42 Å². The number of nitrogens with zero attached hydrogens (tertiary/aromatic N) is 1. The predicted octanol–water partition coefficient (Wildman–Crippen LogP) is 1.08. The van der Waals surface area contributed by atoms with Gasteiger partial charge in [-0.2, -0.15) is 4.31 Å². The Hall–Kier alpha value is -1.31. The van der Waals surface area contributed by atoms with Crippen molar-refractivity contribution in [1.82, 2.24) is 9.62 Å². The number of hydrogen-bond donors (Lipinski definition) is 1. The Morgan fingerprint density at radius 1 is 1.19 bits per heavy atom. The fraction of sp³-hybridized carbons (Fsp3) is 0.571. The summed E-state index contributed by atoms with van der Waals surface area (Å²) in [5.74, 6) is 0.919. The van der Waals surface area contributed by atoms with Crippen LogP contribution in [0.2, 0.25) is 0 Å². The molecule has 1 aliphatic rings. The van der Waals surface area contributed by atoms with Crippen LogP contribution in [0.25, 0.3) is 0 Å². The highest BCUT2D eigenvalue weighted by molar-refractivity contribution is 7.89. The molecule has 0 saturated carbocycles. The molecule has 0 aromatic heterocycles. The smallest absolute Gasteiger partial charge is 0.243 e. The fourth-order valence-corrected chi connectivity index (χ4v) is 4.31. The maximum atomic E-state index is 12.9. The van der Waals surface area contributed by atoms with Gasteiger partial charge in [0.2, 0.25) is 10.0 Å². The van der Waals surface area contributed by atoms with E-state index in [-0.39, 0.29) is 4.90 Å². The highest BCUT2D eigenvalue weighted by atomic mass is 32.2. The number of nitrogens with one attached hydrogen (secondary N) is 1. The monoisotopic (exact) mass is 314 g/mol. The molecule has 0 aliphatic carbocycles. The minimum absolute atomic E-state index is 0.218. The molecule has 2 rings (SSSR count). The minimum atomic E-state index is -3.57. The Morgan fingerprint density at radius 3 is 2.43 bits per heavy atom. The Morgan fingerprint density at radius 2 is 1.86 bits per heavy atom. The minimum Gasteiger partial charge on any atom is -0.493 e. The van der Waals surface area contributed by atoms with Crippen LogP contribution in [-0.4, -0.2) is 52.1 Å². The van der Waals surface area contributed by atoms with Crippen molar-refractivity contribution in [3.63, 3.8) is 0 Å². The van der Waals surface area contributed by atoms with Gasteiger partial charge in [0, 0.05) is 31.2 Å². The second kappa shape index (κ2) is 5.82. The number of benzene rings is 1. The van der Waals surface area contributed by atoms with E-state index in [0.29, 0.717) is 31.1 Å². The van der Waals surface area contributed by atoms with Crippen molar-refractivity contribution in [2.24, 2.45) is 0 Å². The van der Waals surface area contributed by atoms with E-state index in [1.54, 1.807) is 12.1 Å². The molecular weight excluding hydrogens is 292 g/mol. The molecule has 1 fully saturated rings. The van der Waals surface area contributed by atoms with Crippen molar-refractivity contribution < 1.29 is 17.9 Å². The van der Waals surface area contributed by atoms with Crippen molar-refractivity contribution in [1.29, 1.82) is 0 Å². The van der Waals surface area contributed by atoms with E-state index in [4.69, 9.17) is 9.47 Å². The summed E-state index contributed by atoms with van der Waals surface area (Å²) in [6, 6.07) is 4.67. The number of hydrogen-bond acceptors (Lipinski definition) is 5. The van der Waals surface area contributed by atoms with Gasteiger partial charge in [0.1, 0.15) is 0 Å². The summed E-state index contributed by atoms with van der Waals surface area (Å²) >= 11 is 0. The van der Waals surface area contributed by atoms with Crippen molar-refractivity contribution in [3.8, 4) is 11.5 Å². The Balaban J connectivity index is 2.44. The molecular formula is C14H22N2O4S. The van der Waals surface area contributed by atoms with Gasteiger partial charge in [-0.3, -0.25) is 0 Å². The number of methoxy groups -OCH3 is 2. The topological polar surface area (TPSA) is 67.9 Å². The molecule has 1 N–H and O–H groups in total. The Bertz CT molecular complexity index is 613. The molecule has 7 heteroatoms. The molecule has 0 spiro atoms. The average Bonchev–Trinajstić information content (AvgIpc) is 2.45. The molecule has 0 atom stereocenters. The maximum absolute atomic E-state index is 12.9. The van der Waals surface area contributed by atoms with Crippen LogP contribution in [0.15, 0.2) is 23.1 Å². The summed E-state index contributed by atoms with van der Waals surface area (Å²) < 4.78 is 37.6. The molecule has 1 heterocycles. The summed E-state index contributed by atoms with van der Waals surface area (Å²) in [7, 11) is -0.561. The molecule has 0 unspecified atom stereocenters. The summed E-state index contributed by atoms with van der Waals surface area (Å²) in [5.41, 5.74) is -0.468. The van der Waals surface area contributed by atoms with E-state index in [2.05, 4.69) is 5.32 Å². The van der Waals surface area contributed by atoms with Crippen LogP contribution in [-0.2, 0) is 10.0 Å². The van der Waals surface area contributed by atoms with Gasteiger partial charge >= 0.3 is 0 Å². The molecule has 6 nitrogen and oxygen atoms in total. The summed E-state index contributed by atoms with van der Waals surface area (Å²) in [6.07, 6.45) is 0. The van der Waals surface area contributed by atoms with Gasteiger partial charge in [-0.15, -0.1) is 0 Å². The summed E-state index contributed by atoms with van der Waals surface area (Å²) in [4.78, 5) is 0.218. The Kier molecular flexibility index (Phi) is 4.46. The third kappa shape index (κ3) is 3.00. The first-order chi connectivity index (χ1) is 9.82. The predicted molar refractivity (Wildman–Crippen MR) is 80.4 cm³/mol. The fourth-order valence-electron chi connectivity index (χ4n) is 2.52. The quantitative estimate of drug-likeness (QED) is 0.900. The number of rotatable bonds is 4. The van der Waals surface area contributed by atoms with Gasteiger partial charge in [0.15, 0.2) is 11.5 Å². The van der Waals surface area contributed by atoms with Gasteiger partial charge in [-0.25, -0.2) is 8.42 Å². The van der Waals surface area contributed by atoms with Crippen LogP contribution in [0, 0.1) is 0 Å². The van der Waals surface area contributed by atoms with Crippen LogP contribution >= 0.6 is 0 Å². The first kappa shape index (κ1) is 16.1. The zero-order chi connectivity index (χ0) is 15.7. The zero-order valence-corrected chi connectivity index (χ0v) is 13.7. The lowest BCUT2D eigenvalue weighted by molar-refractivity contribution is 0.186. The van der Waals surface area contributed by atoms with E-state index in [1.807, 2.05) is 13.8 Å². The highest BCUT2D eigenvalue weighted by Crippen LogP contribution is 2.32. The van der Waals surface area contributed by atoms with E-state index in [0.717, 1.165) is 0 Å². The summed E-state index contributed by atoms with van der Waals surface area (Å²) in [6.45, 7) is 5.55. The third-order valence-corrected chi connectivity index (χ3v) is 5.77. The molecule has 1 saturated heterocycles. The number of ether oxygens (including phenoxy) is 2. The van der Waals surface area contributed by atoms with Gasteiger partial charge < -0.3 is 14.8 Å². The van der Waals surface area contributed by atoms with E-state index < -0.39 is 15.6 Å². The van der Waals surface area contributed by atoms with Crippen LogP contribution in [0.4, 0.5) is 0 Å². The van der Waals surface area contributed by atoms with Crippen LogP contribution in [0.1, 0.15) is 13.8 Å². The van der Waals surface area contributed by atoms with Gasteiger partial charge in [0.25, 0.3) is 0 Å². The zero-order valence-electron chi connectivity index (χ0n) is 12.8. The van der Waals surface area contributed by atoms with Gasteiger partial charge in [-0.1, -0.05) is 0 Å². The van der Waals surface area contributed by atoms with Crippen molar-refractivity contribution in [3.05, 3.63) is 18.2 Å². The molecule has 1 aromatic carbocycles. The standard InChI is InChI=1S/C14H22N2O4S/c1-14(2)10-15-7-8-16(14)21(17,18)11-5-6-12(19-3)13(9-11)20-4/h5-6,9,15H,7-8,10H2,1-4H3. The lowest BCUT2D eigenvalue weighted by Crippen LogP contribution is -2.59. The van der Waals surface area contributed by atoms with Crippen molar-refractivity contribution in [2.45, 2.75) is 24.3 Å². The molecule has 21 heavy (non-hydrogen) atoms. The molecule has 0 bridgehead atoms. The molecule has 1 aromatic rings. The normalized spacial score (nSPS) is 19.2. The first-order valence-corrected chi connectivity index (χ1v) is 8.22. The SMILES string of the molecule is COc1ccc(S(=O)(=O)N2CCNCC2(C)C)cc1OC. The highest BCUT2D eigenvalue weighted by Gasteiger charge is 2.39. The molecule has 0 radical (unpaired) electrons. The number of piperazine rings is 1. The van der Waals surface area contributed by atoms with Gasteiger partial charge in [-0.05, 0) is 26.0 Å². The lowest BCUT2D eigenvalue weighted by atomic mass is 10.0. The lowest BCUT2D eigenvalue weighted by Gasteiger charge is -2.41. The first-order valence-electron chi connectivity index (χ1n) is 6.78.